The van der Waals surface area contributed by atoms with Crippen molar-refractivity contribution in [3.63, 3.8) is 0 Å². The Labute approximate surface area is 166 Å². The van der Waals surface area contributed by atoms with Gasteiger partial charge in [-0.3, -0.25) is 9.69 Å². The minimum Gasteiger partial charge on any atom is -0.378 e. The lowest BCUT2D eigenvalue weighted by atomic mass is 9.96. The minimum absolute atomic E-state index is 0.219. The van der Waals surface area contributed by atoms with E-state index in [1.807, 2.05) is 37.4 Å². The first-order valence-corrected chi connectivity index (χ1v) is 10.7. The van der Waals surface area contributed by atoms with Gasteiger partial charge in [-0.2, -0.15) is 0 Å². The van der Waals surface area contributed by atoms with Gasteiger partial charge < -0.3 is 9.80 Å². The molecule has 1 aliphatic carbocycles. The van der Waals surface area contributed by atoms with Gasteiger partial charge in [-0.25, -0.2) is 0 Å². The number of amides is 1. The van der Waals surface area contributed by atoms with Crippen LogP contribution in [0.5, 0.6) is 0 Å². The topological polar surface area (TPSA) is 26.8 Å². The molecule has 1 atom stereocenters. The van der Waals surface area contributed by atoms with Crippen LogP contribution in [0.3, 0.4) is 0 Å². The van der Waals surface area contributed by atoms with E-state index in [1.54, 1.807) is 0 Å². The molecule has 0 spiro atoms. The summed E-state index contributed by atoms with van der Waals surface area (Å²) in [6, 6.07) is 11.2. The second-order valence-corrected chi connectivity index (χ2v) is 9.11. The van der Waals surface area contributed by atoms with Crippen molar-refractivity contribution in [3.05, 3.63) is 51.7 Å². The Morgan fingerprint density at radius 3 is 2.56 bits per heavy atom. The monoisotopic (exact) mass is 383 g/mol. The third kappa shape index (κ3) is 4.04. The van der Waals surface area contributed by atoms with Gasteiger partial charge in [-0.1, -0.05) is 12.1 Å². The summed E-state index contributed by atoms with van der Waals surface area (Å²) >= 11 is 1.88. The van der Waals surface area contributed by atoms with Crippen LogP contribution in [0.25, 0.3) is 0 Å². The molecular formula is C22H29N3OS. The number of anilines is 1. The van der Waals surface area contributed by atoms with Crippen molar-refractivity contribution < 1.29 is 4.79 Å². The van der Waals surface area contributed by atoms with Crippen LogP contribution in [0.15, 0.2) is 35.7 Å². The minimum atomic E-state index is 0.219. The van der Waals surface area contributed by atoms with Gasteiger partial charge in [-0.15, -0.1) is 11.3 Å². The predicted octanol–water partition coefficient (Wildman–Crippen LogP) is 3.78. The van der Waals surface area contributed by atoms with E-state index in [9.17, 15) is 4.79 Å². The number of rotatable bonds is 6. The molecule has 1 fully saturated rings. The van der Waals surface area contributed by atoms with Gasteiger partial charge in [0.05, 0.1) is 6.54 Å². The zero-order valence-electron chi connectivity index (χ0n) is 16.5. The Bertz CT molecular complexity index is 794. The first-order valence-electron chi connectivity index (χ1n) is 9.83. The highest BCUT2D eigenvalue weighted by Crippen LogP contribution is 2.48. The number of benzene rings is 1. The summed E-state index contributed by atoms with van der Waals surface area (Å²) in [4.78, 5) is 20.8. The van der Waals surface area contributed by atoms with Gasteiger partial charge >= 0.3 is 0 Å². The molecule has 0 saturated heterocycles. The first-order chi connectivity index (χ1) is 13.0. The van der Waals surface area contributed by atoms with Crippen LogP contribution in [0, 0.1) is 5.92 Å². The smallest absolute Gasteiger partial charge is 0.236 e. The van der Waals surface area contributed by atoms with Gasteiger partial charge in [0.1, 0.15) is 0 Å². The Hall–Kier alpha value is -1.85. The lowest BCUT2D eigenvalue weighted by Crippen LogP contribution is -2.43. The molecule has 2 heterocycles. The molecular weight excluding hydrogens is 354 g/mol. The largest absolute Gasteiger partial charge is 0.378 e. The van der Waals surface area contributed by atoms with Crippen LogP contribution in [-0.4, -0.2) is 49.9 Å². The lowest BCUT2D eigenvalue weighted by Gasteiger charge is -2.36. The van der Waals surface area contributed by atoms with E-state index >= 15 is 0 Å². The van der Waals surface area contributed by atoms with Crippen molar-refractivity contribution in [1.29, 1.82) is 0 Å². The normalized spacial score (nSPS) is 19.6. The number of carbonyl (C=O) groups excluding carboxylic acids is 1. The van der Waals surface area contributed by atoms with Gasteiger partial charge in [0.25, 0.3) is 0 Å². The van der Waals surface area contributed by atoms with Crippen molar-refractivity contribution in [2.75, 3.05) is 39.1 Å². The van der Waals surface area contributed by atoms with Crippen LogP contribution in [0.4, 0.5) is 5.69 Å². The van der Waals surface area contributed by atoms with Gasteiger partial charge in [0.15, 0.2) is 0 Å². The molecule has 0 N–H and O–H groups in total. The third-order valence-corrected chi connectivity index (χ3v) is 6.82. The van der Waals surface area contributed by atoms with Crippen LogP contribution in [0.1, 0.15) is 34.9 Å². The number of hydrogen-bond donors (Lipinski definition) is 0. The highest BCUT2D eigenvalue weighted by atomic mass is 32.1. The van der Waals surface area contributed by atoms with E-state index in [2.05, 4.69) is 45.5 Å². The second kappa shape index (κ2) is 7.64. The quantitative estimate of drug-likeness (QED) is 0.759. The second-order valence-electron chi connectivity index (χ2n) is 8.11. The molecule has 2 aliphatic rings. The van der Waals surface area contributed by atoms with Crippen LogP contribution in [0.2, 0.25) is 0 Å². The van der Waals surface area contributed by atoms with E-state index in [-0.39, 0.29) is 5.91 Å². The fourth-order valence-electron chi connectivity index (χ4n) is 4.10. The third-order valence-electron chi connectivity index (χ3n) is 5.82. The fraction of sp³-hybridized carbons (Fsp3) is 0.500. The highest BCUT2D eigenvalue weighted by molar-refractivity contribution is 7.10. The maximum Gasteiger partial charge on any atom is 0.236 e. The van der Waals surface area contributed by atoms with Crippen molar-refractivity contribution in [1.82, 2.24) is 9.80 Å². The SMILES string of the molecule is CN(Cc1ccc(N(C)C)cc1)C(=O)CN1CCc2sccc2[C@@H]1C1CC1. The van der Waals surface area contributed by atoms with Crippen molar-refractivity contribution >= 4 is 22.9 Å². The summed E-state index contributed by atoms with van der Waals surface area (Å²) < 4.78 is 0. The molecule has 0 radical (unpaired) electrons. The summed E-state index contributed by atoms with van der Waals surface area (Å²) in [5.74, 6) is 0.964. The number of carbonyl (C=O) groups is 1. The fourth-order valence-corrected chi connectivity index (χ4v) is 5.01. The molecule has 5 heteroatoms. The summed E-state index contributed by atoms with van der Waals surface area (Å²) in [5.41, 5.74) is 3.84. The predicted molar refractivity (Wildman–Crippen MR) is 112 cm³/mol. The molecule has 27 heavy (non-hydrogen) atoms. The summed E-state index contributed by atoms with van der Waals surface area (Å²) in [7, 11) is 6.01. The Kier molecular flexibility index (Phi) is 5.24. The van der Waals surface area contributed by atoms with Crippen LogP contribution < -0.4 is 4.90 Å². The Morgan fingerprint density at radius 2 is 1.89 bits per heavy atom. The van der Waals surface area contributed by atoms with Crippen LogP contribution >= 0.6 is 11.3 Å². The van der Waals surface area contributed by atoms with Crippen LogP contribution in [-0.2, 0) is 17.8 Å². The molecule has 1 aromatic carbocycles. The standard InChI is InChI=1S/C22H29N3OS/c1-23(2)18-8-4-16(5-9-18)14-24(3)21(26)15-25-12-10-20-19(11-13-27-20)22(25)17-6-7-17/h4-5,8-9,11,13,17,22H,6-7,10,12,14-15H2,1-3H3/t22-/m0/s1. The number of thiophene rings is 1. The molecule has 1 aliphatic heterocycles. The van der Waals surface area contributed by atoms with Crippen molar-refractivity contribution in [3.8, 4) is 0 Å². The average Bonchev–Trinajstić information content (AvgIpc) is 3.38. The number of likely N-dealkylation sites (N-methyl/N-ethyl adjacent to an activating group) is 1. The first kappa shape index (κ1) is 18.5. The average molecular weight is 384 g/mol. The van der Waals surface area contributed by atoms with E-state index < -0.39 is 0 Å². The number of hydrogen-bond acceptors (Lipinski definition) is 4. The van der Waals surface area contributed by atoms with Gasteiger partial charge in [-0.05, 0) is 59.9 Å². The highest BCUT2D eigenvalue weighted by Gasteiger charge is 2.40. The molecule has 2 aromatic rings. The lowest BCUT2D eigenvalue weighted by molar-refractivity contribution is -0.132. The molecule has 1 amide bonds. The Balaban J connectivity index is 1.39. The molecule has 144 valence electrons. The maximum atomic E-state index is 12.9. The number of nitrogens with zero attached hydrogens (tertiary/aromatic N) is 3. The summed E-state index contributed by atoms with van der Waals surface area (Å²) in [5, 5.41) is 2.22. The molecule has 0 unspecified atom stereocenters. The van der Waals surface area contributed by atoms with E-state index in [0.29, 0.717) is 19.1 Å². The summed E-state index contributed by atoms with van der Waals surface area (Å²) in [6.07, 6.45) is 3.69. The van der Waals surface area contributed by atoms with E-state index in [1.165, 1.54) is 34.5 Å². The number of fused-ring (bicyclic) bond motifs is 1. The molecule has 0 bridgehead atoms. The van der Waals surface area contributed by atoms with Crippen molar-refractivity contribution in [2.45, 2.75) is 31.8 Å². The maximum absolute atomic E-state index is 12.9. The molecule has 1 saturated carbocycles. The Morgan fingerprint density at radius 1 is 1.15 bits per heavy atom. The van der Waals surface area contributed by atoms with Gasteiger partial charge in [0.2, 0.25) is 5.91 Å². The van der Waals surface area contributed by atoms with E-state index in [4.69, 9.17) is 0 Å². The zero-order chi connectivity index (χ0) is 19.0. The molecule has 4 rings (SSSR count). The van der Waals surface area contributed by atoms with Gasteiger partial charge in [0, 0.05) is 50.8 Å². The molecule has 1 aromatic heterocycles. The molecule has 4 nitrogen and oxygen atoms in total. The van der Waals surface area contributed by atoms with Crippen molar-refractivity contribution in [2.24, 2.45) is 5.92 Å². The van der Waals surface area contributed by atoms with E-state index in [0.717, 1.165) is 18.9 Å². The summed E-state index contributed by atoms with van der Waals surface area (Å²) in [6.45, 7) is 2.20. The zero-order valence-corrected chi connectivity index (χ0v) is 17.3.